The van der Waals surface area contributed by atoms with Crippen molar-refractivity contribution in [1.29, 1.82) is 0 Å². The van der Waals surface area contributed by atoms with Crippen molar-refractivity contribution in [2.45, 2.75) is 32.4 Å². The van der Waals surface area contributed by atoms with Gasteiger partial charge in [0.05, 0.1) is 13.2 Å². The van der Waals surface area contributed by atoms with Gasteiger partial charge in [0.1, 0.15) is 5.75 Å². The molecule has 0 fully saturated rings. The lowest BCUT2D eigenvalue weighted by Crippen LogP contribution is -2.32. The number of ether oxygens (including phenoxy) is 1. The number of aliphatic hydroxyl groups is 1. The van der Waals surface area contributed by atoms with Gasteiger partial charge in [-0.05, 0) is 17.5 Å². The summed E-state index contributed by atoms with van der Waals surface area (Å²) in [4.78, 5) is 0. The van der Waals surface area contributed by atoms with Crippen LogP contribution >= 0.6 is 0 Å². The van der Waals surface area contributed by atoms with Crippen molar-refractivity contribution in [3.63, 3.8) is 0 Å². The normalized spacial score (nSPS) is 12.8. The van der Waals surface area contributed by atoms with Crippen molar-refractivity contribution in [3.05, 3.63) is 29.3 Å². The van der Waals surface area contributed by atoms with Crippen molar-refractivity contribution in [3.8, 4) is 5.75 Å². The van der Waals surface area contributed by atoms with Gasteiger partial charge in [-0.25, -0.2) is 0 Å². The maximum atomic E-state index is 9.39. The fraction of sp³-hybridized carbons (Fsp3) is 0.571. The fourth-order valence-electron chi connectivity index (χ4n) is 1.75. The number of hydrogen-bond acceptors (Lipinski definition) is 4. The average molecular weight is 252 g/mol. The molecule has 1 aromatic rings. The van der Waals surface area contributed by atoms with E-state index in [-0.39, 0.29) is 6.54 Å². The first-order valence-corrected chi connectivity index (χ1v) is 6.34. The SMILES string of the molecule is COc1ccc(C(C)C)cc1CNCC(O)CN. The Morgan fingerprint density at radius 3 is 2.67 bits per heavy atom. The first-order valence-electron chi connectivity index (χ1n) is 6.34. The third-order valence-electron chi connectivity index (χ3n) is 2.94. The summed E-state index contributed by atoms with van der Waals surface area (Å²) >= 11 is 0. The van der Waals surface area contributed by atoms with Gasteiger partial charge < -0.3 is 20.9 Å². The number of benzene rings is 1. The number of nitrogens with one attached hydrogen (secondary N) is 1. The molecule has 0 aliphatic carbocycles. The molecule has 102 valence electrons. The van der Waals surface area contributed by atoms with Gasteiger partial charge in [0.25, 0.3) is 0 Å². The molecule has 0 bridgehead atoms. The molecule has 0 saturated heterocycles. The fourth-order valence-corrected chi connectivity index (χ4v) is 1.75. The second kappa shape index (κ2) is 7.36. The average Bonchev–Trinajstić information content (AvgIpc) is 2.38. The Kier molecular flexibility index (Phi) is 6.12. The van der Waals surface area contributed by atoms with E-state index in [1.165, 1.54) is 5.56 Å². The lowest BCUT2D eigenvalue weighted by Gasteiger charge is -2.14. The predicted octanol–water partition coefficient (Wildman–Crippen LogP) is 1.23. The molecule has 0 spiro atoms. The molecule has 0 aliphatic heterocycles. The van der Waals surface area contributed by atoms with E-state index >= 15 is 0 Å². The zero-order valence-electron chi connectivity index (χ0n) is 11.4. The van der Waals surface area contributed by atoms with Crippen LogP contribution in [0.1, 0.15) is 30.9 Å². The first-order chi connectivity index (χ1) is 8.58. The molecule has 4 N–H and O–H groups in total. The van der Waals surface area contributed by atoms with E-state index in [0.717, 1.165) is 11.3 Å². The highest BCUT2D eigenvalue weighted by atomic mass is 16.5. The van der Waals surface area contributed by atoms with Crippen LogP contribution in [0.25, 0.3) is 0 Å². The van der Waals surface area contributed by atoms with E-state index in [4.69, 9.17) is 10.5 Å². The van der Waals surface area contributed by atoms with Crippen LogP contribution in [-0.2, 0) is 6.54 Å². The molecule has 0 radical (unpaired) electrons. The van der Waals surface area contributed by atoms with Gasteiger partial charge in [-0.1, -0.05) is 26.0 Å². The Balaban J connectivity index is 2.69. The molecule has 4 heteroatoms. The summed E-state index contributed by atoms with van der Waals surface area (Å²) in [5, 5.41) is 12.6. The van der Waals surface area contributed by atoms with E-state index in [9.17, 15) is 5.11 Å². The van der Waals surface area contributed by atoms with Gasteiger partial charge in [0.2, 0.25) is 0 Å². The predicted molar refractivity (Wildman–Crippen MR) is 73.9 cm³/mol. The minimum atomic E-state index is -0.496. The lowest BCUT2D eigenvalue weighted by molar-refractivity contribution is 0.179. The Hall–Kier alpha value is -1.10. The summed E-state index contributed by atoms with van der Waals surface area (Å²) in [7, 11) is 1.67. The van der Waals surface area contributed by atoms with Crippen LogP contribution in [0, 0.1) is 0 Å². The second-order valence-electron chi connectivity index (χ2n) is 4.75. The smallest absolute Gasteiger partial charge is 0.123 e. The van der Waals surface area contributed by atoms with E-state index in [1.54, 1.807) is 7.11 Å². The number of aliphatic hydroxyl groups excluding tert-OH is 1. The van der Waals surface area contributed by atoms with E-state index in [0.29, 0.717) is 19.0 Å². The minimum absolute atomic E-state index is 0.274. The van der Waals surface area contributed by atoms with Crippen molar-refractivity contribution < 1.29 is 9.84 Å². The maximum Gasteiger partial charge on any atom is 0.123 e. The van der Waals surface area contributed by atoms with Crippen LogP contribution in [0.4, 0.5) is 0 Å². The highest BCUT2D eigenvalue weighted by Gasteiger charge is 2.07. The van der Waals surface area contributed by atoms with Crippen molar-refractivity contribution in [2.75, 3.05) is 20.2 Å². The van der Waals surface area contributed by atoms with Crippen molar-refractivity contribution >= 4 is 0 Å². The molecule has 0 aliphatic rings. The van der Waals surface area contributed by atoms with Crippen molar-refractivity contribution in [1.82, 2.24) is 5.32 Å². The number of hydrogen-bond donors (Lipinski definition) is 3. The lowest BCUT2D eigenvalue weighted by atomic mass is 10.00. The molecule has 0 heterocycles. The largest absolute Gasteiger partial charge is 0.496 e. The summed E-state index contributed by atoms with van der Waals surface area (Å²) < 4.78 is 5.34. The quantitative estimate of drug-likeness (QED) is 0.683. The number of nitrogens with two attached hydrogens (primary N) is 1. The molecule has 1 rings (SSSR count). The van der Waals surface area contributed by atoms with E-state index < -0.39 is 6.10 Å². The first kappa shape index (κ1) is 15.0. The zero-order chi connectivity index (χ0) is 13.5. The molecule has 0 amide bonds. The van der Waals surface area contributed by atoms with Crippen LogP contribution < -0.4 is 15.8 Å². The van der Waals surface area contributed by atoms with Gasteiger partial charge in [0, 0.05) is 25.2 Å². The third kappa shape index (κ3) is 4.29. The molecule has 1 atom stereocenters. The Bertz CT molecular complexity index is 367. The van der Waals surface area contributed by atoms with Gasteiger partial charge in [-0.3, -0.25) is 0 Å². The summed E-state index contributed by atoms with van der Waals surface area (Å²) in [5.74, 6) is 1.36. The number of rotatable bonds is 7. The summed E-state index contributed by atoms with van der Waals surface area (Å²) in [6.45, 7) is 5.76. The van der Waals surface area contributed by atoms with E-state index in [2.05, 4.69) is 31.3 Å². The Morgan fingerprint density at radius 1 is 1.39 bits per heavy atom. The molecule has 0 aromatic heterocycles. The monoisotopic (exact) mass is 252 g/mol. The zero-order valence-corrected chi connectivity index (χ0v) is 11.4. The molecule has 4 nitrogen and oxygen atoms in total. The topological polar surface area (TPSA) is 67.5 Å². The molecular formula is C14H24N2O2. The van der Waals surface area contributed by atoms with Crippen LogP contribution in [0.15, 0.2) is 18.2 Å². The molecular weight excluding hydrogens is 228 g/mol. The molecule has 18 heavy (non-hydrogen) atoms. The molecule has 0 saturated carbocycles. The Morgan fingerprint density at radius 2 is 2.11 bits per heavy atom. The minimum Gasteiger partial charge on any atom is -0.496 e. The van der Waals surface area contributed by atoms with Gasteiger partial charge in [0.15, 0.2) is 0 Å². The van der Waals surface area contributed by atoms with E-state index in [1.807, 2.05) is 6.07 Å². The van der Waals surface area contributed by atoms with Crippen LogP contribution in [-0.4, -0.2) is 31.4 Å². The van der Waals surface area contributed by atoms with Crippen molar-refractivity contribution in [2.24, 2.45) is 5.73 Å². The molecule has 1 aromatic carbocycles. The summed E-state index contributed by atoms with van der Waals surface area (Å²) in [6.07, 6.45) is -0.496. The van der Waals surface area contributed by atoms with Crippen LogP contribution in [0.5, 0.6) is 5.75 Å². The Labute approximate surface area is 109 Å². The third-order valence-corrected chi connectivity index (χ3v) is 2.94. The summed E-state index contributed by atoms with van der Waals surface area (Å²) in [5.41, 5.74) is 7.75. The van der Waals surface area contributed by atoms with Crippen LogP contribution in [0.2, 0.25) is 0 Å². The number of methoxy groups -OCH3 is 1. The highest BCUT2D eigenvalue weighted by Crippen LogP contribution is 2.23. The summed E-state index contributed by atoms with van der Waals surface area (Å²) in [6, 6.07) is 6.22. The van der Waals surface area contributed by atoms with Crippen LogP contribution in [0.3, 0.4) is 0 Å². The second-order valence-corrected chi connectivity index (χ2v) is 4.75. The van der Waals surface area contributed by atoms with Gasteiger partial charge in [-0.2, -0.15) is 0 Å². The molecule has 1 unspecified atom stereocenters. The standard InChI is InChI=1S/C14H24N2O2/c1-10(2)11-4-5-14(18-3)12(6-11)8-16-9-13(17)7-15/h4-6,10,13,16-17H,7-9,15H2,1-3H3. The maximum absolute atomic E-state index is 9.39. The van der Waals surface area contributed by atoms with Gasteiger partial charge >= 0.3 is 0 Å². The van der Waals surface area contributed by atoms with Gasteiger partial charge in [-0.15, -0.1) is 0 Å². The highest BCUT2D eigenvalue weighted by molar-refractivity contribution is 5.38.